The number of nitrogens with one attached hydrogen (secondary N) is 3. The molecule has 0 radical (unpaired) electrons. The van der Waals surface area contributed by atoms with Crippen LogP contribution in [-0.2, 0) is 0 Å². The molecule has 2 unspecified atom stereocenters. The number of carbonyl (C=O) groups is 1. The van der Waals surface area contributed by atoms with Crippen molar-refractivity contribution in [3.63, 3.8) is 0 Å². The van der Waals surface area contributed by atoms with Gasteiger partial charge >= 0.3 is 0 Å². The predicted molar refractivity (Wildman–Crippen MR) is 89.2 cm³/mol. The first-order chi connectivity index (χ1) is 10.3. The number of carbonyl (C=O) groups excluding carboxylic acids is 1. The smallest absolute Gasteiger partial charge is 0.255 e. The van der Waals surface area contributed by atoms with Crippen molar-refractivity contribution in [1.82, 2.24) is 20.8 Å². The lowest BCUT2D eigenvalue weighted by atomic mass is 9.95. The largest absolute Gasteiger partial charge is 0.349 e. The van der Waals surface area contributed by atoms with Crippen molar-refractivity contribution in [2.24, 2.45) is 5.92 Å². The molecule has 2 atom stereocenters. The molecule has 118 valence electrons. The van der Waals surface area contributed by atoms with Crippen molar-refractivity contribution >= 4 is 18.3 Å². The van der Waals surface area contributed by atoms with Crippen LogP contribution in [0.2, 0.25) is 0 Å². The lowest BCUT2D eigenvalue weighted by molar-refractivity contribution is 0.0915. The minimum atomic E-state index is -0.0543. The Morgan fingerprint density at radius 3 is 2.82 bits per heavy atom. The van der Waals surface area contributed by atoms with Crippen molar-refractivity contribution in [2.75, 3.05) is 13.1 Å². The zero-order chi connectivity index (χ0) is 14.7. The van der Waals surface area contributed by atoms with E-state index in [9.17, 15) is 4.79 Å². The van der Waals surface area contributed by atoms with Crippen LogP contribution < -0.4 is 10.6 Å². The van der Waals surface area contributed by atoms with E-state index in [2.05, 4.69) is 27.8 Å². The van der Waals surface area contributed by atoms with E-state index < -0.39 is 0 Å². The molecular formula is C16H21ClN4O. The minimum absolute atomic E-state index is 0. The Balaban J connectivity index is 0.00000176. The summed E-state index contributed by atoms with van der Waals surface area (Å²) >= 11 is 0. The first-order valence-corrected chi connectivity index (χ1v) is 7.36. The number of benzene rings is 1. The molecule has 6 heteroatoms. The summed E-state index contributed by atoms with van der Waals surface area (Å²) in [6.07, 6.45) is 2.56. The Bertz CT molecular complexity index is 614. The fraction of sp³-hybridized carbons (Fsp3) is 0.375. The molecule has 2 heterocycles. The molecule has 0 aliphatic carbocycles. The van der Waals surface area contributed by atoms with Gasteiger partial charge in [0.15, 0.2) is 0 Å². The number of aromatic nitrogens is 2. The Hall–Kier alpha value is -1.85. The van der Waals surface area contributed by atoms with Crippen LogP contribution in [0.3, 0.4) is 0 Å². The van der Waals surface area contributed by atoms with Gasteiger partial charge in [-0.3, -0.25) is 9.89 Å². The third-order valence-corrected chi connectivity index (χ3v) is 4.05. The molecule has 2 aromatic rings. The highest BCUT2D eigenvalue weighted by molar-refractivity contribution is 5.99. The van der Waals surface area contributed by atoms with Gasteiger partial charge < -0.3 is 10.6 Å². The number of halogens is 1. The number of H-pyrrole nitrogens is 1. The van der Waals surface area contributed by atoms with Crippen molar-refractivity contribution < 1.29 is 4.79 Å². The molecule has 1 aliphatic heterocycles. The highest BCUT2D eigenvalue weighted by Crippen LogP contribution is 2.21. The first kappa shape index (κ1) is 16.5. The number of amides is 1. The van der Waals surface area contributed by atoms with E-state index in [-0.39, 0.29) is 24.4 Å². The van der Waals surface area contributed by atoms with Gasteiger partial charge in [0.05, 0.1) is 17.5 Å². The van der Waals surface area contributed by atoms with Crippen LogP contribution in [0.15, 0.2) is 36.5 Å². The van der Waals surface area contributed by atoms with E-state index in [1.54, 1.807) is 6.20 Å². The molecule has 3 N–H and O–H groups in total. The highest BCUT2D eigenvalue weighted by Gasteiger charge is 2.24. The molecule has 1 aromatic carbocycles. The van der Waals surface area contributed by atoms with E-state index >= 15 is 0 Å². The number of hydrogen-bond donors (Lipinski definition) is 3. The minimum Gasteiger partial charge on any atom is -0.349 e. The Morgan fingerprint density at radius 2 is 2.09 bits per heavy atom. The second kappa shape index (κ2) is 7.42. The van der Waals surface area contributed by atoms with Gasteiger partial charge in [0.1, 0.15) is 0 Å². The zero-order valence-corrected chi connectivity index (χ0v) is 13.3. The number of nitrogens with zero attached hydrogens (tertiary/aromatic N) is 1. The van der Waals surface area contributed by atoms with Crippen LogP contribution in [0.25, 0.3) is 11.3 Å². The zero-order valence-electron chi connectivity index (χ0n) is 12.5. The van der Waals surface area contributed by atoms with Gasteiger partial charge in [-0.2, -0.15) is 5.10 Å². The summed E-state index contributed by atoms with van der Waals surface area (Å²) in [6.45, 7) is 4.05. The second-order valence-corrected chi connectivity index (χ2v) is 5.57. The summed E-state index contributed by atoms with van der Waals surface area (Å²) in [5, 5.41) is 13.4. The molecule has 5 nitrogen and oxygen atoms in total. The summed E-state index contributed by atoms with van der Waals surface area (Å²) < 4.78 is 0. The Labute approximate surface area is 136 Å². The average Bonchev–Trinajstić information content (AvgIpc) is 3.00. The van der Waals surface area contributed by atoms with Crippen LogP contribution in [0, 0.1) is 5.92 Å². The van der Waals surface area contributed by atoms with Gasteiger partial charge in [0, 0.05) is 11.6 Å². The maximum Gasteiger partial charge on any atom is 0.255 e. The summed E-state index contributed by atoms with van der Waals surface area (Å²) in [6, 6.07) is 10.0. The number of hydrogen-bond acceptors (Lipinski definition) is 3. The molecule has 1 aliphatic rings. The lowest BCUT2D eigenvalue weighted by Gasteiger charge is -2.30. The predicted octanol–water partition coefficient (Wildman–Crippen LogP) is 2.23. The quantitative estimate of drug-likeness (QED) is 0.812. The van der Waals surface area contributed by atoms with Crippen LogP contribution in [0.5, 0.6) is 0 Å². The molecule has 0 spiro atoms. The van der Waals surface area contributed by atoms with E-state index in [0.29, 0.717) is 11.5 Å². The fourth-order valence-corrected chi connectivity index (χ4v) is 2.76. The molecule has 22 heavy (non-hydrogen) atoms. The van der Waals surface area contributed by atoms with Crippen molar-refractivity contribution in [3.05, 3.63) is 42.1 Å². The normalized spacial score (nSPS) is 21.0. The maximum absolute atomic E-state index is 12.5. The number of piperidine rings is 1. The van der Waals surface area contributed by atoms with Crippen LogP contribution in [0.4, 0.5) is 0 Å². The molecule has 0 bridgehead atoms. The third kappa shape index (κ3) is 3.48. The Morgan fingerprint density at radius 1 is 1.32 bits per heavy atom. The van der Waals surface area contributed by atoms with Crippen molar-refractivity contribution in [3.8, 4) is 11.3 Å². The summed E-state index contributed by atoms with van der Waals surface area (Å²) in [7, 11) is 0. The molecule has 1 amide bonds. The SMILES string of the molecule is CC1CNCCC1NC(=O)c1cn[nH]c1-c1ccccc1.Cl. The summed E-state index contributed by atoms with van der Waals surface area (Å²) in [4.78, 5) is 12.5. The fourth-order valence-electron chi connectivity index (χ4n) is 2.76. The summed E-state index contributed by atoms with van der Waals surface area (Å²) in [5.74, 6) is 0.385. The van der Waals surface area contributed by atoms with Crippen LogP contribution in [-0.4, -0.2) is 35.2 Å². The Kier molecular flexibility index (Phi) is 5.57. The van der Waals surface area contributed by atoms with Crippen molar-refractivity contribution in [1.29, 1.82) is 0 Å². The summed E-state index contributed by atoms with van der Waals surface area (Å²) in [5.41, 5.74) is 2.35. The molecule has 3 rings (SSSR count). The maximum atomic E-state index is 12.5. The molecule has 0 saturated carbocycles. The van der Waals surface area contributed by atoms with Crippen LogP contribution in [0.1, 0.15) is 23.7 Å². The van der Waals surface area contributed by atoms with E-state index in [0.717, 1.165) is 30.8 Å². The van der Waals surface area contributed by atoms with Gasteiger partial charge in [-0.05, 0) is 25.4 Å². The molecule has 1 fully saturated rings. The second-order valence-electron chi connectivity index (χ2n) is 5.57. The lowest BCUT2D eigenvalue weighted by Crippen LogP contribution is -2.48. The van der Waals surface area contributed by atoms with Gasteiger partial charge in [-0.15, -0.1) is 12.4 Å². The monoisotopic (exact) mass is 320 g/mol. The van der Waals surface area contributed by atoms with E-state index in [4.69, 9.17) is 0 Å². The standard InChI is InChI=1S/C16H20N4O.ClH/c1-11-9-17-8-7-14(11)19-16(21)13-10-18-20-15(13)12-5-3-2-4-6-12;/h2-6,10-11,14,17H,7-9H2,1H3,(H,18,20)(H,19,21);1H. The van der Waals surface area contributed by atoms with Gasteiger partial charge in [0.2, 0.25) is 0 Å². The average molecular weight is 321 g/mol. The van der Waals surface area contributed by atoms with Crippen LogP contribution >= 0.6 is 12.4 Å². The molecule has 1 aromatic heterocycles. The van der Waals surface area contributed by atoms with Gasteiger partial charge in [-0.1, -0.05) is 37.3 Å². The molecular weight excluding hydrogens is 300 g/mol. The van der Waals surface area contributed by atoms with E-state index in [1.807, 2.05) is 30.3 Å². The van der Waals surface area contributed by atoms with Gasteiger partial charge in [-0.25, -0.2) is 0 Å². The highest BCUT2D eigenvalue weighted by atomic mass is 35.5. The first-order valence-electron chi connectivity index (χ1n) is 7.36. The topological polar surface area (TPSA) is 69.8 Å². The molecule has 1 saturated heterocycles. The van der Waals surface area contributed by atoms with E-state index in [1.165, 1.54) is 0 Å². The third-order valence-electron chi connectivity index (χ3n) is 4.05. The van der Waals surface area contributed by atoms with Gasteiger partial charge in [0.25, 0.3) is 5.91 Å². The van der Waals surface area contributed by atoms with Crippen molar-refractivity contribution in [2.45, 2.75) is 19.4 Å². The number of aromatic amines is 1. The number of rotatable bonds is 3.